The molecule has 0 radical (unpaired) electrons. The van der Waals surface area contributed by atoms with Crippen LogP contribution in [0.5, 0.6) is 5.75 Å². The van der Waals surface area contributed by atoms with E-state index in [1.54, 1.807) is 12.1 Å². The highest BCUT2D eigenvalue weighted by Gasteiger charge is 1.98. The Hall–Kier alpha value is -1.97. The van der Waals surface area contributed by atoms with Gasteiger partial charge in [-0.1, -0.05) is 12.6 Å². The van der Waals surface area contributed by atoms with E-state index in [0.29, 0.717) is 19.0 Å². The fourth-order valence-corrected chi connectivity index (χ4v) is 1.16. The van der Waals surface area contributed by atoms with E-state index in [2.05, 4.69) is 11.9 Å². The van der Waals surface area contributed by atoms with Crippen LogP contribution in [0.3, 0.4) is 0 Å². The van der Waals surface area contributed by atoms with Gasteiger partial charge in [-0.05, 0) is 12.1 Å². The molecule has 0 bridgehead atoms. The molecule has 0 aliphatic carbocycles. The molecule has 4 nitrogen and oxygen atoms in total. The second kappa shape index (κ2) is 6.50. The highest BCUT2D eigenvalue weighted by Crippen LogP contribution is 2.17. The summed E-state index contributed by atoms with van der Waals surface area (Å²) >= 11 is 0. The molecule has 86 valence electrons. The number of benzene rings is 1. The highest BCUT2D eigenvalue weighted by atomic mass is 16.5. The maximum Gasteiger partial charge on any atom is 0.221 e. The highest BCUT2D eigenvalue weighted by molar-refractivity contribution is 5.88. The Bertz CT molecular complexity index is 363. The summed E-state index contributed by atoms with van der Waals surface area (Å²) in [5.41, 5.74) is 0.717. The van der Waals surface area contributed by atoms with Gasteiger partial charge in [-0.25, -0.2) is 0 Å². The average Bonchev–Trinajstić information content (AvgIpc) is 2.24. The molecule has 1 aromatic carbocycles. The van der Waals surface area contributed by atoms with Gasteiger partial charge in [-0.15, -0.1) is 0 Å². The van der Waals surface area contributed by atoms with Gasteiger partial charge in [0.15, 0.2) is 0 Å². The SMILES string of the molecule is C=COCCOc1cccc(NC(C)=O)c1. The fraction of sp³-hybridized carbons (Fsp3) is 0.250. The number of amides is 1. The zero-order chi connectivity index (χ0) is 11.8. The largest absolute Gasteiger partial charge is 0.498 e. The topological polar surface area (TPSA) is 47.6 Å². The Morgan fingerprint density at radius 3 is 3.00 bits per heavy atom. The normalized spacial score (nSPS) is 9.31. The molecule has 1 amide bonds. The molecule has 1 aromatic rings. The molecule has 16 heavy (non-hydrogen) atoms. The summed E-state index contributed by atoms with van der Waals surface area (Å²) in [4.78, 5) is 10.8. The smallest absolute Gasteiger partial charge is 0.221 e. The maximum absolute atomic E-state index is 10.8. The standard InChI is InChI=1S/C12H15NO3/c1-3-15-7-8-16-12-6-4-5-11(9-12)13-10(2)14/h3-6,9H,1,7-8H2,2H3,(H,13,14). The van der Waals surface area contributed by atoms with E-state index in [-0.39, 0.29) is 5.91 Å². The van der Waals surface area contributed by atoms with Crippen LogP contribution in [0, 0.1) is 0 Å². The summed E-state index contributed by atoms with van der Waals surface area (Å²) in [6.07, 6.45) is 1.37. The molecular formula is C12H15NO3. The second-order valence-electron chi connectivity index (χ2n) is 3.09. The van der Waals surface area contributed by atoms with E-state index in [4.69, 9.17) is 9.47 Å². The average molecular weight is 221 g/mol. The number of nitrogens with one attached hydrogen (secondary N) is 1. The van der Waals surface area contributed by atoms with Crippen molar-refractivity contribution in [3.05, 3.63) is 37.1 Å². The predicted molar refractivity (Wildman–Crippen MR) is 62.4 cm³/mol. The van der Waals surface area contributed by atoms with Crippen molar-refractivity contribution in [2.24, 2.45) is 0 Å². The van der Waals surface area contributed by atoms with Crippen LogP contribution in [0.4, 0.5) is 5.69 Å². The predicted octanol–water partition coefficient (Wildman–Crippen LogP) is 2.18. The third-order valence-corrected chi connectivity index (χ3v) is 1.74. The van der Waals surface area contributed by atoms with Crippen LogP contribution in [-0.4, -0.2) is 19.1 Å². The van der Waals surface area contributed by atoms with E-state index >= 15 is 0 Å². The number of hydrogen-bond donors (Lipinski definition) is 1. The van der Waals surface area contributed by atoms with Crippen LogP contribution < -0.4 is 10.1 Å². The molecule has 0 saturated heterocycles. The molecule has 0 saturated carbocycles. The van der Waals surface area contributed by atoms with Crippen LogP contribution in [0.15, 0.2) is 37.1 Å². The van der Waals surface area contributed by atoms with Gasteiger partial charge in [0.05, 0.1) is 6.26 Å². The van der Waals surface area contributed by atoms with E-state index in [9.17, 15) is 4.79 Å². The van der Waals surface area contributed by atoms with Gasteiger partial charge in [0.2, 0.25) is 5.91 Å². The monoisotopic (exact) mass is 221 g/mol. The first-order valence-electron chi connectivity index (χ1n) is 4.95. The van der Waals surface area contributed by atoms with Crippen LogP contribution in [0.1, 0.15) is 6.92 Å². The van der Waals surface area contributed by atoms with E-state index in [0.717, 1.165) is 5.69 Å². The quantitative estimate of drug-likeness (QED) is 0.591. The number of anilines is 1. The Balaban J connectivity index is 2.47. The minimum Gasteiger partial charge on any atom is -0.498 e. The third kappa shape index (κ3) is 4.50. The lowest BCUT2D eigenvalue weighted by molar-refractivity contribution is -0.114. The number of ether oxygens (including phenoxy) is 2. The van der Waals surface area contributed by atoms with Crippen LogP contribution >= 0.6 is 0 Å². The Morgan fingerprint density at radius 2 is 2.31 bits per heavy atom. The van der Waals surface area contributed by atoms with Gasteiger partial charge in [0, 0.05) is 18.7 Å². The molecule has 0 atom stereocenters. The van der Waals surface area contributed by atoms with Gasteiger partial charge in [0.1, 0.15) is 19.0 Å². The summed E-state index contributed by atoms with van der Waals surface area (Å²) in [7, 11) is 0. The van der Waals surface area contributed by atoms with E-state index in [1.165, 1.54) is 13.2 Å². The minimum absolute atomic E-state index is 0.104. The lowest BCUT2D eigenvalue weighted by Gasteiger charge is -2.07. The fourth-order valence-electron chi connectivity index (χ4n) is 1.16. The summed E-state index contributed by atoms with van der Waals surface area (Å²) in [6, 6.07) is 7.19. The summed E-state index contributed by atoms with van der Waals surface area (Å²) in [5, 5.41) is 2.68. The second-order valence-corrected chi connectivity index (χ2v) is 3.09. The van der Waals surface area contributed by atoms with Crippen molar-refractivity contribution in [3.8, 4) is 5.75 Å². The molecule has 0 aromatic heterocycles. The van der Waals surface area contributed by atoms with Gasteiger partial charge in [0.25, 0.3) is 0 Å². The van der Waals surface area contributed by atoms with Gasteiger partial charge < -0.3 is 14.8 Å². The number of carbonyl (C=O) groups excluding carboxylic acids is 1. The summed E-state index contributed by atoms with van der Waals surface area (Å²) in [6.45, 7) is 5.78. The minimum atomic E-state index is -0.104. The van der Waals surface area contributed by atoms with Crippen molar-refractivity contribution in [2.45, 2.75) is 6.92 Å². The maximum atomic E-state index is 10.8. The number of carbonyl (C=O) groups is 1. The van der Waals surface area contributed by atoms with Crippen LogP contribution in [0.2, 0.25) is 0 Å². The third-order valence-electron chi connectivity index (χ3n) is 1.74. The molecule has 0 aliphatic heterocycles. The summed E-state index contributed by atoms with van der Waals surface area (Å²) in [5.74, 6) is 0.589. The van der Waals surface area contributed by atoms with Crippen molar-refractivity contribution in [3.63, 3.8) is 0 Å². The van der Waals surface area contributed by atoms with E-state index < -0.39 is 0 Å². The Kier molecular flexibility index (Phi) is 4.92. The number of hydrogen-bond acceptors (Lipinski definition) is 3. The molecule has 1 N–H and O–H groups in total. The zero-order valence-electron chi connectivity index (χ0n) is 9.23. The molecular weight excluding hydrogens is 206 g/mol. The Morgan fingerprint density at radius 1 is 1.50 bits per heavy atom. The molecule has 1 rings (SSSR count). The van der Waals surface area contributed by atoms with Crippen molar-refractivity contribution < 1.29 is 14.3 Å². The number of rotatable bonds is 6. The first-order valence-corrected chi connectivity index (χ1v) is 4.95. The van der Waals surface area contributed by atoms with Gasteiger partial charge in [-0.3, -0.25) is 4.79 Å². The van der Waals surface area contributed by atoms with Gasteiger partial charge in [-0.2, -0.15) is 0 Å². The Labute approximate surface area is 94.9 Å². The van der Waals surface area contributed by atoms with Crippen molar-refractivity contribution in [1.29, 1.82) is 0 Å². The van der Waals surface area contributed by atoms with Crippen LogP contribution in [-0.2, 0) is 9.53 Å². The lowest BCUT2D eigenvalue weighted by Crippen LogP contribution is -2.07. The van der Waals surface area contributed by atoms with Gasteiger partial charge >= 0.3 is 0 Å². The summed E-state index contributed by atoms with van der Waals surface area (Å²) < 4.78 is 10.3. The lowest BCUT2D eigenvalue weighted by atomic mass is 10.3. The first kappa shape index (κ1) is 12.1. The van der Waals surface area contributed by atoms with Crippen molar-refractivity contribution >= 4 is 11.6 Å². The van der Waals surface area contributed by atoms with Crippen LogP contribution in [0.25, 0.3) is 0 Å². The molecule has 0 spiro atoms. The molecule has 0 heterocycles. The molecule has 4 heteroatoms. The molecule has 0 aliphatic rings. The zero-order valence-corrected chi connectivity index (χ0v) is 9.23. The van der Waals surface area contributed by atoms with Crippen molar-refractivity contribution in [2.75, 3.05) is 18.5 Å². The van der Waals surface area contributed by atoms with Crippen molar-refractivity contribution in [1.82, 2.24) is 0 Å². The molecule has 0 fully saturated rings. The molecule has 0 unspecified atom stereocenters. The first-order chi connectivity index (χ1) is 7.72. The van der Waals surface area contributed by atoms with E-state index in [1.807, 2.05) is 12.1 Å².